The molecule has 0 aliphatic heterocycles. The number of hydrogen-bond acceptors (Lipinski definition) is 2. The Morgan fingerprint density at radius 2 is 1.69 bits per heavy atom. The van der Waals surface area contributed by atoms with Crippen LogP contribution in [0, 0.1) is 0 Å². The average Bonchev–Trinajstić information content (AvgIpc) is 1.85. The molecule has 1 aromatic rings. The van der Waals surface area contributed by atoms with Gasteiger partial charge in [-0.1, -0.05) is 30.4 Å². The standard InChI is InChI=1S/C6H7O2PS2.2ClH/c7-9(10,11)8-6-4-2-1-3-5-6;;/h1-5H,(H2,7,10,11);2*1H. The molecule has 1 rings (SSSR count). The largest absolute Gasteiger partial charge is 0.436 e. The Balaban J connectivity index is 0. The number of para-hydroxylation sites is 1. The number of rotatable bonds is 2. The Bertz CT molecular complexity index is 277. The van der Waals surface area contributed by atoms with Crippen LogP contribution in [0.2, 0.25) is 0 Å². The Hall–Kier alpha value is 0.560. The van der Waals surface area contributed by atoms with E-state index >= 15 is 0 Å². The summed E-state index contributed by atoms with van der Waals surface area (Å²) in [6, 6.07) is 8.88. The second-order valence-electron chi connectivity index (χ2n) is 1.89. The molecular formula is C6H9Cl2O2PS2. The Labute approximate surface area is 99.8 Å². The molecule has 0 fully saturated rings. The summed E-state index contributed by atoms with van der Waals surface area (Å²) in [5.41, 5.74) is -2.86. The van der Waals surface area contributed by atoms with Gasteiger partial charge in [-0.25, -0.2) is 0 Å². The average molecular weight is 279 g/mol. The van der Waals surface area contributed by atoms with Crippen molar-refractivity contribution in [1.29, 1.82) is 0 Å². The predicted octanol–water partition coefficient (Wildman–Crippen LogP) is 3.06. The Kier molecular flexibility index (Phi) is 8.54. The van der Waals surface area contributed by atoms with Crippen molar-refractivity contribution >= 4 is 54.6 Å². The molecule has 13 heavy (non-hydrogen) atoms. The number of halogens is 2. The lowest BCUT2D eigenvalue weighted by atomic mass is 10.3. The molecule has 0 radical (unpaired) electrons. The summed E-state index contributed by atoms with van der Waals surface area (Å²) < 4.78 is 4.95. The van der Waals surface area contributed by atoms with Crippen molar-refractivity contribution < 1.29 is 9.42 Å². The predicted molar refractivity (Wildman–Crippen MR) is 67.1 cm³/mol. The zero-order chi connectivity index (χ0) is 8.32. The number of benzene rings is 1. The maximum atomic E-state index is 9.04. The van der Waals surface area contributed by atoms with E-state index in [1.165, 1.54) is 0 Å². The second kappa shape index (κ2) is 6.93. The van der Waals surface area contributed by atoms with E-state index in [1.807, 2.05) is 6.07 Å². The van der Waals surface area contributed by atoms with Crippen LogP contribution < -0.4 is 4.52 Å². The van der Waals surface area contributed by atoms with E-state index in [9.17, 15) is 0 Å². The molecule has 0 saturated heterocycles. The lowest BCUT2D eigenvalue weighted by Crippen LogP contribution is -1.83. The van der Waals surface area contributed by atoms with Gasteiger partial charge < -0.3 is 9.42 Å². The molecule has 7 heteroatoms. The first-order valence-corrected chi connectivity index (χ1v) is 6.71. The summed E-state index contributed by atoms with van der Waals surface area (Å²) in [6.07, 6.45) is 0. The molecule has 0 bridgehead atoms. The highest BCUT2D eigenvalue weighted by Gasteiger charge is 2.06. The normalized spacial score (nSPS) is 13.1. The van der Waals surface area contributed by atoms with Crippen LogP contribution >= 0.6 is 42.8 Å². The Morgan fingerprint density at radius 1 is 1.23 bits per heavy atom. The lowest BCUT2D eigenvalue weighted by Gasteiger charge is -2.09. The highest BCUT2D eigenvalue weighted by atomic mass is 35.5. The summed E-state index contributed by atoms with van der Waals surface area (Å²) >= 11 is 8.30. The van der Waals surface area contributed by atoms with Crippen LogP contribution in [0.3, 0.4) is 0 Å². The van der Waals surface area contributed by atoms with Gasteiger partial charge in [-0.2, -0.15) is 0 Å². The number of thiol groups is 1. The minimum atomic E-state index is -2.86. The van der Waals surface area contributed by atoms with Gasteiger partial charge in [-0.15, -0.1) is 24.8 Å². The smallest absolute Gasteiger partial charge is 0.291 e. The first kappa shape index (κ1) is 16.0. The molecular weight excluding hydrogens is 270 g/mol. The minimum absolute atomic E-state index is 0. The molecule has 1 N–H and O–H groups in total. The zero-order valence-corrected chi connectivity index (χ0v) is 10.6. The van der Waals surface area contributed by atoms with Gasteiger partial charge in [-0.05, 0) is 23.9 Å². The van der Waals surface area contributed by atoms with Crippen LogP contribution in [0.25, 0.3) is 0 Å². The van der Waals surface area contributed by atoms with Crippen LogP contribution in [-0.4, -0.2) is 4.89 Å². The molecule has 0 spiro atoms. The van der Waals surface area contributed by atoms with E-state index in [2.05, 4.69) is 24.1 Å². The molecule has 0 saturated carbocycles. The van der Waals surface area contributed by atoms with Gasteiger partial charge in [0.25, 0.3) is 5.69 Å². The van der Waals surface area contributed by atoms with Crippen molar-refractivity contribution in [3.8, 4) is 5.75 Å². The van der Waals surface area contributed by atoms with Crippen molar-refractivity contribution in [2.24, 2.45) is 0 Å². The highest BCUT2D eigenvalue weighted by molar-refractivity contribution is 8.59. The van der Waals surface area contributed by atoms with E-state index in [-0.39, 0.29) is 24.8 Å². The van der Waals surface area contributed by atoms with Gasteiger partial charge >= 0.3 is 0 Å². The van der Waals surface area contributed by atoms with Crippen LogP contribution in [0.5, 0.6) is 5.75 Å². The maximum Gasteiger partial charge on any atom is 0.291 e. The van der Waals surface area contributed by atoms with E-state index in [0.29, 0.717) is 5.75 Å². The van der Waals surface area contributed by atoms with Crippen LogP contribution in [0.4, 0.5) is 0 Å². The highest BCUT2D eigenvalue weighted by Crippen LogP contribution is 2.47. The maximum absolute atomic E-state index is 9.04. The van der Waals surface area contributed by atoms with Gasteiger partial charge in [-0.3, -0.25) is 0 Å². The van der Waals surface area contributed by atoms with E-state index in [0.717, 1.165) is 0 Å². The number of hydrogen-bond donors (Lipinski definition) is 2. The van der Waals surface area contributed by atoms with E-state index in [4.69, 9.17) is 9.42 Å². The van der Waals surface area contributed by atoms with Gasteiger partial charge in [0.1, 0.15) is 5.75 Å². The summed E-state index contributed by atoms with van der Waals surface area (Å²) in [5, 5.41) is 0. The molecule has 1 atom stereocenters. The van der Waals surface area contributed by atoms with Crippen molar-refractivity contribution in [1.82, 2.24) is 0 Å². The molecule has 0 aliphatic carbocycles. The summed E-state index contributed by atoms with van der Waals surface area (Å²) in [7, 11) is 0. The fourth-order valence-electron chi connectivity index (χ4n) is 0.619. The van der Waals surface area contributed by atoms with Gasteiger partial charge in [0.05, 0.1) is 0 Å². The van der Waals surface area contributed by atoms with Gasteiger partial charge in [0.2, 0.25) is 0 Å². The van der Waals surface area contributed by atoms with Crippen molar-refractivity contribution in [2.45, 2.75) is 0 Å². The van der Waals surface area contributed by atoms with Crippen molar-refractivity contribution in [2.75, 3.05) is 0 Å². The molecule has 1 aromatic carbocycles. The van der Waals surface area contributed by atoms with E-state index in [1.54, 1.807) is 24.3 Å². The summed E-state index contributed by atoms with van der Waals surface area (Å²) in [4.78, 5) is 9.04. The van der Waals surface area contributed by atoms with Crippen LogP contribution in [0.1, 0.15) is 0 Å². The SMILES string of the molecule is Cl.Cl.OP(=S)(S)Oc1ccccc1. The molecule has 2 nitrogen and oxygen atoms in total. The second-order valence-corrected chi connectivity index (χ2v) is 6.98. The van der Waals surface area contributed by atoms with Crippen molar-refractivity contribution in [3.63, 3.8) is 0 Å². The third-order valence-electron chi connectivity index (χ3n) is 0.968. The van der Waals surface area contributed by atoms with Crippen LogP contribution in [-0.2, 0) is 11.8 Å². The minimum Gasteiger partial charge on any atom is -0.436 e. The third-order valence-corrected chi connectivity index (χ3v) is 1.88. The van der Waals surface area contributed by atoms with Gasteiger partial charge in [0, 0.05) is 0 Å². The topological polar surface area (TPSA) is 29.5 Å². The molecule has 0 amide bonds. The summed E-state index contributed by atoms with van der Waals surface area (Å²) in [6.45, 7) is 0. The molecule has 76 valence electrons. The quantitative estimate of drug-likeness (QED) is 0.644. The molecule has 0 aliphatic rings. The zero-order valence-electron chi connectivity index (χ0n) is 6.36. The fourth-order valence-corrected chi connectivity index (χ4v) is 1.56. The Morgan fingerprint density at radius 3 is 2.08 bits per heavy atom. The van der Waals surface area contributed by atoms with Crippen LogP contribution in [0.15, 0.2) is 30.3 Å². The first-order valence-electron chi connectivity index (χ1n) is 2.88. The fraction of sp³-hybridized carbons (Fsp3) is 0. The molecule has 0 heterocycles. The lowest BCUT2D eigenvalue weighted by molar-refractivity contribution is 0.505. The molecule has 0 aromatic heterocycles. The monoisotopic (exact) mass is 278 g/mol. The first-order chi connectivity index (χ1) is 5.08. The summed E-state index contributed by atoms with van der Waals surface area (Å²) in [5.74, 6) is 0.549. The van der Waals surface area contributed by atoms with Crippen molar-refractivity contribution in [3.05, 3.63) is 30.3 Å². The van der Waals surface area contributed by atoms with E-state index < -0.39 is 5.69 Å². The third kappa shape index (κ3) is 7.62. The van der Waals surface area contributed by atoms with Gasteiger partial charge in [0.15, 0.2) is 0 Å². The molecule has 1 unspecified atom stereocenters.